The minimum absolute atomic E-state index is 0.338. The SMILES string of the molecule is CS(C)(=O)=NC(=O)[C@@H]1CCCN1C(=O)Nc1ccc2[nH]ccc2c1. The summed E-state index contributed by atoms with van der Waals surface area (Å²) in [7, 11) is -2.52. The van der Waals surface area contributed by atoms with Gasteiger partial charge in [-0.15, -0.1) is 0 Å². The summed E-state index contributed by atoms with van der Waals surface area (Å²) < 4.78 is 15.4. The molecule has 0 bridgehead atoms. The largest absolute Gasteiger partial charge is 0.361 e. The number of anilines is 1. The highest BCUT2D eigenvalue weighted by atomic mass is 32.2. The molecule has 1 saturated heterocycles. The van der Waals surface area contributed by atoms with Crippen molar-refractivity contribution in [2.24, 2.45) is 4.36 Å². The van der Waals surface area contributed by atoms with Crippen LogP contribution in [0.1, 0.15) is 12.8 Å². The third kappa shape index (κ3) is 3.59. The molecule has 3 rings (SSSR count). The van der Waals surface area contributed by atoms with Crippen LogP contribution in [0.2, 0.25) is 0 Å². The minimum Gasteiger partial charge on any atom is -0.361 e. The van der Waals surface area contributed by atoms with E-state index in [0.717, 1.165) is 17.3 Å². The Balaban J connectivity index is 1.75. The molecule has 2 heterocycles. The Morgan fingerprint density at radius 1 is 1.33 bits per heavy atom. The molecule has 1 atom stereocenters. The summed E-state index contributed by atoms with van der Waals surface area (Å²) in [5, 5.41) is 3.82. The molecule has 0 radical (unpaired) electrons. The van der Waals surface area contributed by atoms with E-state index in [4.69, 9.17) is 0 Å². The summed E-state index contributed by atoms with van der Waals surface area (Å²) in [6, 6.07) is 6.50. The maximum absolute atomic E-state index is 12.5. The van der Waals surface area contributed by atoms with E-state index in [2.05, 4.69) is 14.7 Å². The highest BCUT2D eigenvalue weighted by Gasteiger charge is 2.34. The van der Waals surface area contributed by atoms with E-state index in [1.807, 2.05) is 24.4 Å². The zero-order valence-corrected chi connectivity index (χ0v) is 14.4. The van der Waals surface area contributed by atoms with Crippen molar-refractivity contribution in [3.05, 3.63) is 30.5 Å². The van der Waals surface area contributed by atoms with Gasteiger partial charge in [-0.2, -0.15) is 4.36 Å². The summed E-state index contributed by atoms with van der Waals surface area (Å²) in [4.78, 5) is 29.3. The molecule has 0 aliphatic carbocycles. The number of amides is 3. The van der Waals surface area contributed by atoms with Gasteiger partial charge in [-0.25, -0.2) is 9.00 Å². The first kappa shape index (κ1) is 16.5. The molecule has 1 fully saturated rings. The van der Waals surface area contributed by atoms with Crippen molar-refractivity contribution in [2.75, 3.05) is 24.4 Å². The fourth-order valence-electron chi connectivity index (χ4n) is 2.87. The Bertz CT molecular complexity index is 903. The van der Waals surface area contributed by atoms with Gasteiger partial charge in [0.15, 0.2) is 0 Å². The van der Waals surface area contributed by atoms with Gasteiger partial charge >= 0.3 is 6.03 Å². The number of urea groups is 1. The molecule has 1 aliphatic rings. The summed E-state index contributed by atoms with van der Waals surface area (Å²) in [6.45, 7) is 0.485. The van der Waals surface area contributed by atoms with Crippen LogP contribution in [0.15, 0.2) is 34.8 Å². The lowest BCUT2D eigenvalue weighted by Gasteiger charge is -2.22. The number of nitrogens with zero attached hydrogens (tertiary/aromatic N) is 2. The van der Waals surface area contributed by atoms with Crippen molar-refractivity contribution in [3.8, 4) is 0 Å². The normalized spacial score (nSPS) is 17.9. The number of aromatic nitrogens is 1. The van der Waals surface area contributed by atoms with Crippen LogP contribution in [-0.4, -0.2) is 51.1 Å². The van der Waals surface area contributed by atoms with E-state index in [0.29, 0.717) is 18.7 Å². The van der Waals surface area contributed by atoms with Crippen molar-refractivity contribution >= 4 is 38.3 Å². The first-order chi connectivity index (χ1) is 11.3. The number of fused-ring (bicyclic) bond motifs is 1. The minimum atomic E-state index is -2.52. The van der Waals surface area contributed by atoms with Gasteiger partial charge < -0.3 is 15.2 Å². The number of rotatable bonds is 2. The van der Waals surface area contributed by atoms with E-state index in [-0.39, 0.29) is 6.03 Å². The van der Waals surface area contributed by atoms with Gasteiger partial charge in [-0.05, 0) is 37.1 Å². The second kappa shape index (κ2) is 6.27. The van der Waals surface area contributed by atoms with Crippen molar-refractivity contribution in [1.29, 1.82) is 0 Å². The average molecular weight is 348 g/mol. The summed E-state index contributed by atoms with van der Waals surface area (Å²) in [5.74, 6) is -0.487. The monoisotopic (exact) mass is 348 g/mol. The molecule has 0 spiro atoms. The predicted molar refractivity (Wildman–Crippen MR) is 94.5 cm³/mol. The predicted octanol–water partition coefficient (Wildman–Crippen LogP) is 2.42. The zero-order valence-electron chi connectivity index (χ0n) is 13.6. The van der Waals surface area contributed by atoms with Crippen LogP contribution in [0.4, 0.5) is 10.5 Å². The number of nitrogens with one attached hydrogen (secondary N) is 2. The lowest BCUT2D eigenvalue weighted by Crippen LogP contribution is -2.42. The first-order valence-electron chi connectivity index (χ1n) is 7.69. The number of hydrogen-bond acceptors (Lipinski definition) is 3. The van der Waals surface area contributed by atoms with Crippen LogP contribution >= 0.6 is 0 Å². The van der Waals surface area contributed by atoms with Gasteiger partial charge in [0.25, 0.3) is 5.91 Å². The van der Waals surface area contributed by atoms with Crippen LogP contribution in [0, 0.1) is 0 Å². The second-order valence-corrected chi connectivity index (χ2v) is 8.72. The Morgan fingerprint density at radius 2 is 2.12 bits per heavy atom. The van der Waals surface area contributed by atoms with Crippen LogP contribution in [-0.2, 0) is 14.5 Å². The number of carbonyl (C=O) groups is 2. The molecule has 1 aromatic carbocycles. The second-order valence-electron chi connectivity index (χ2n) is 6.17. The average Bonchev–Trinajstić information content (AvgIpc) is 3.14. The molecule has 0 saturated carbocycles. The first-order valence-corrected chi connectivity index (χ1v) is 10.0. The summed E-state index contributed by atoms with van der Waals surface area (Å²) in [5.41, 5.74) is 1.65. The molecule has 7 nitrogen and oxygen atoms in total. The maximum Gasteiger partial charge on any atom is 0.322 e. The standard InChI is InChI=1S/C16H20N4O3S/c1-24(2,23)19-15(21)14-4-3-9-20(14)16(22)18-12-5-6-13-11(10-12)7-8-17-13/h5-8,10,14,17H,3-4,9H2,1-2H3,(H,18,22)/t14-/m0/s1. The lowest BCUT2D eigenvalue weighted by molar-refractivity contribution is -0.121. The highest BCUT2D eigenvalue weighted by molar-refractivity contribution is 7.92. The summed E-state index contributed by atoms with van der Waals surface area (Å²) in [6.07, 6.45) is 5.93. The van der Waals surface area contributed by atoms with Crippen molar-refractivity contribution < 1.29 is 13.8 Å². The van der Waals surface area contributed by atoms with Gasteiger partial charge in [0.1, 0.15) is 6.04 Å². The molecule has 1 aromatic heterocycles. The van der Waals surface area contributed by atoms with Gasteiger partial charge in [0, 0.05) is 51.6 Å². The van der Waals surface area contributed by atoms with E-state index in [1.165, 1.54) is 17.4 Å². The van der Waals surface area contributed by atoms with Crippen LogP contribution in [0.25, 0.3) is 10.9 Å². The molecule has 24 heavy (non-hydrogen) atoms. The molecule has 1 aliphatic heterocycles. The number of carbonyl (C=O) groups excluding carboxylic acids is 2. The van der Waals surface area contributed by atoms with Gasteiger partial charge in [-0.1, -0.05) is 0 Å². The zero-order chi connectivity index (χ0) is 17.3. The van der Waals surface area contributed by atoms with Crippen LogP contribution in [0.3, 0.4) is 0 Å². The smallest absolute Gasteiger partial charge is 0.322 e. The summed E-state index contributed by atoms with van der Waals surface area (Å²) >= 11 is 0. The maximum atomic E-state index is 12.5. The van der Waals surface area contributed by atoms with Crippen molar-refractivity contribution in [3.63, 3.8) is 0 Å². The number of H-pyrrole nitrogens is 1. The van der Waals surface area contributed by atoms with E-state index >= 15 is 0 Å². The Morgan fingerprint density at radius 3 is 2.88 bits per heavy atom. The molecule has 2 aromatic rings. The number of hydrogen-bond donors (Lipinski definition) is 2. The molecule has 2 N–H and O–H groups in total. The number of benzene rings is 1. The van der Waals surface area contributed by atoms with Gasteiger partial charge in [0.2, 0.25) is 0 Å². The van der Waals surface area contributed by atoms with Crippen LogP contribution in [0.5, 0.6) is 0 Å². The van der Waals surface area contributed by atoms with Crippen molar-refractivity contribution in [2.45, 2.75) is 18.9 Å². The molecule has 128 valence electrons. The number of likely N-dealkylation sites (tertiary alicyclic amines) is 1. The Labute approximate surface area is 140 Å². The molecule has 8 heteroatoms. The molecule has 3 amide bonds. The quantitative estimate of drug-likeness (QED) is 0.872. The number of aromatic amines is 1. The van der Waals surface area contributed by atoms with E-state index < -0.39 is 21.7 Å². The van der Waals surface area contributed by atoms with Gasteiger partial charge in [-0.3, -0.25) is 4.79 Å². The topological polar surface area (TPSA) is 94.6 Å². The van der Waals surface area contributed by atoms with Crippen molar-refractivity contribution in [1.82, 2.24) is 9.88 Å². The molecular formula is C16H20N4O3S. The molecular weight excluding hydrogens is 328 g/mol. The van der Waals surface area contributed by atoms with Crippen LogP contribution < -0.4 is 5.32 Å². The fourth-order valence-corrected chi connectivity index (χ4v) is 3.43. The lowest BCUT2D eigenvalue weighted by atomic mass is 10.2. The fraction of sp³-hybridized carbons (Fsp3) is 0.375. The Hall–Kier alpha value is -2.35. The van der Waals surface area contributed by atoms with E-state index in [1.54, 1.807) is 6.07 Å². The molecule has 0 unspecified atom stereocenters. The van der Waals surface area contributed by atoms with E-state index in [9.17, 15) is 13.8 Å². The highest BCUT2D eigenvalue weighted by Crippen LogP contribution is 2.22. The Kier molecular flexibility index (Phi) is 4.31. The third-order valence-electron chi connectivity index (χ3n) is 3.91. The van der Waals surface area contributed by atoms with Gasteiger partial charge in [0.05, 0.1) is 0 Å². The third-order valence-corrected chi connectivity index (χ3v) is 4.53.